The second-order valence-electron chi connectivity index (χ2n) is 11.9. The number of halogens is 2. The minimum absolute atomic E-state index is 0.0332. The highest BCUT2D eigenvalue weighted by molar-refractivity contribution is 7.92. The number of benzene rings is 4. The fourth-order valence-electron chi connectivity index (χ4n) is 4.79. The fraction of sp³-hybridized carbons (Fsp3) is 0.257. The number of hydrogen-bond acceptors (Lipinski definition) is 4. The number of carbonyl (C=O) groups excluding carboxylic acids is 2. The molecule has 4 aromatic carbocycles. The van der Waals surface area contributed by atoms with Gasteiger partial charge >= 0.3 is 0 Å². The van der Waals surface area contributed by atoms with Gasteiger partial charge < -0.3 is 10.2 Å². The molecule has 4 aromatic rings. The van der Waals surface area contributed by atoms with Gasteiger partial charge in [-0.05, 0) is 81.3 Å². The van der Waals surface area contributed by atoms with Gasteiger partial charge in [-0.1, -0.05) is 77.8 Å². The van der Waals surface area contributed by atoms with E-state index in [9.17, 15) is 22.4 Å². The van der Waals surface area contributed by atoms with Crippen molar-refractivity contribution in [2.75, 3.05) is 10.8 Å². The molecule has 0 heterocycles. The predicted molar refractivity (Wildman–Crippen MR) is 176 cm³/mol. The van der Waals surface area contributed by atoms with E-state index in [-0.39, 0.29) is 23.5 Å². The van der Waals surface area contributed by atoms with Crippen molar-refractivity contribution in [2.45, 2.75) is 57.1 Å². The van der Waals surface area contributed by atoms with Gasteiger partial charge in [0.15, 0.2) is 0 Å². The maximum atomic E-state index is 14.5. The third kappa shape index (κ3) is 8.93. The first kappa shape index (κ1) is 33.7. The first-order chi connectivity index (χ1) is 21.2. The first-order valence-corrected chi connectivity index (χ1v) is 16.3. The molecule has 2 amide bonds. The second kappa shape index (κ2) is 14.3. The van der Waals surface area contributed by atoms with Gasteiger partial charge in [0, 0.05) is 23.5 Å². The molecular weight excluding hydrogens is 613 g/mol. The number of sulfonamides is 1. The van der Waals surface area contributed by atoms with Gasteiger partial charge in [0.2, 0.25) is 11.8 Å². The average Bonchev–Trinajstić information content (AvgIpc) is 2.99. The van der Waals surface area contributed by atoms with E-state index in [0.29, 0.717) is 10.6 Å². The lowest BCUT2D eigenvalue weighted by Gasteiger charge is -2.35. The third-order valence-corrected chi connectivity index (χ3v) is 9.23. The van der Waals surface area contributed by atoms with Crippen LogP contribution < -0.4 is 9.62 Å². The highest BCUT2D eigenvalue weighted by atomic mass is 35.5. The number of aryl methyl sites for hydroxylation is 1. The lowest BCUT2D eigenvalue weighted by molar-refractivity contribution is -0.140. The number of amides is 2. The van der Waals surface area contributed by atoms with Crippen LogP contribution in [0.15, 0.2) is 108 Å². The molecule has 1 N–H and O–H groups in total. The maximum absolute atomic E-state index is 14.5. The topological polar surface area (TPSA) is 86.8 Å². The molecule has 0 aliphatic rings. The van der Waals surface area contributed by atoms with Gasteiger partial charge in [-0.2, -0.15) is 0 Å². The van der Waals surface area contributed by atoms with E-state index in [1.165, 1.54) is 29.2 Å². The number of rotatable bonds is 11. The van der Waals surface area contributed by atoms with Crippen LogP contribution in [0.1, 0.15) is 37.5 Å². The van der Waals surface area contributed by atoms with Crippen LogP contribution in [-0.4, -0.2) is 43.3 Å². The third-order valence-electron chi connectivity index (χ3n) is 7.07. The van der Waals surface area contributed by atoms with Crippen molar-refractivity contribution in [1.29, 1.82) is 0 Å². The molecule has 0 radical (unpaired) electrons. The van der Waals surface area contributed by atoms with Crippen LogP contribution >= 0.6 is 11.6 Å². The van der Waals surface area contributed by atoms with Gasteiger partial charge in [0.25, 0.3) is 10.0 Å². The van der Waals surface area contributed by atoms with Gasteiger partial charge in [0.05, 0.1) is 10.6 Å². The van der Waals surface area contributed by atoms with Crippen LogP contribution in [0, 0.1) is 12.7 Å². The summed E-state index contributed by atoms with van der Waals surface area (Å²) in [5.41, 5.74) is 1.75. The molecule has 1 atom stereocenters. The first-order valence-electron chi connectivity index (χ1n) is 14.5. The summed E-state index contributed by atoms with van der Waals surface area (Å²) in [6.45, 7) is 6.65. The van der Waals surface area contributed by atoms with Crippen LogP contribution in [0.3, 0.4) is 0 Å². The Morgan fingerprint density at radius 1 is 0.867 bits per heavy atom. The van der Waals surface area contributed by atoms with E-state index in [1.807, 2.05) is 58.0 Å². The fourth-order valence-corrected chi connectivity index (χ4v) is 6.40. The van der Waals surface area contributed by atoms with Crippen LogP contribution in [0.5, 0.6) is 0 Å². The molecule has 0 spiro atoms. The van der Waals surface area contributed by atoms with Gasteiger partial charge in [0.1, 0.15) is 18.4 Å². The molecule has 10 heteroatoms. The zero-order valence-corrected chi connectivity index (χ0v) is 27.3. The van der Waals surface area contributed by atoms with Crippen molar-refractivity contribution < 1.29 is 22.4 Å². The van der Waals surface area contributed by atoms with E-state index in [4.69, 9.17) is 11.6 Å². The zero-order chi connectivity index (χ0) is 32.8. The number of anilines is 1. The molecular formula is C35H37ClFN3O4S. The number of nitrogens with zero attached hydrogens (tertiary/aromatic N) is 2. The van der Waals surface area contributed by atoms with Crippen LogP contribution in [0.25, 0.3) is 0 Å². The summed E-state index contributed by atoms with van der Waals surface area (Å²) >= 11 is 6.53. The molecule has 0 aliphatic carbocycles. The van der Waals surface area contributed by atoms with Crippen molar-refractivity contribution in [3.63, 3.8) is 0 Å². The van der Waals surface area contributed by atoms with Gasteiger partial charge in [-0.25, -0.2) is 12.8 Å². The largest absolute Gasteiger partial charge is 0.350 e. The van der Waals surface area contributed by atoms with Crippen molar-refractivity contribution in [1.82, 2.24) is 10.2 Å². The molecule has 0 saturated carbocycles. The lowest BCUT2D eigenvalue weighted by atomic mass is 10.0. The van der Waals surface area contributed by atoms with Gasteiger partial charge in [-0.15, -0.1) is 0 Å². The summed E-state index contributed by atoms with van der Waals surface area (Å²) in [6.07, 6.45) is 0.167. The SMILES string of the molecule is Cc1ccc(S(=O)(=O)N(CC(=O)N(Cc2ccccc2Cl)[C@H](Cc2ccccc2)C(=O)NC(C)(C)C)c2ccc(F)cc2)cc1. The standard InChI is InChI=1S/C35H37ClFN3O4S/c1-25-14-20-30(21-15-25)45(43,44)40(29-18-16-28(37)17-19-29)24-33(41)39(23-27-12-8-9-13-31(27)36)32(34(42)38-35(2,3)4)22-26-10-6-5-7-11-26/h5-21,32H,22-24H2,1-4H3,(H,38,42)/t32-/m1/s1. The minimum Gasteiger partial charge on any atom is -0.350 e. The second-order valence-corrected chi connectivity index (χ2v) is 14.1. The molecule has 0 aromatic heterocycles. The summed E-state index contributed by atoms with van der Waals surface area (Å²) < 4.78 is 43.0. The van der Waals surface area contributed by atoms with Crippen molar-refractivity contribution in [3.8, 4) is 0 Å². The summed E-state index contributed by atoms with van der Waals surface area (Å²) in [7, 11) is -4.29. The number of carbonyl (C=O) groups is 2. The van der Waals surface area contributed by atoms with Crippen LogP contribution in [-0.2, 0) is 32.6 Å². The van der Waals surface area contributed by atoms with E-state index in [0.717, 1.165) is 27.6 Å². The number of nitrogens with one attached hydrogen (secondary N) is 1. The molecule has 45 heavy (non-hydrogen) atoms. The van der Waals surface area contributed by atoms with Crippen molar-refractivity contribution in [3.05, 3.63) is 131 Å². The molecule has 0 aliphatic heterocycles. The Kier molecular flexibility index (Phi) is 10.7. The zero-order valence-electron chi connectivity index (χ0n) is 25.7. The Morgan fingerprint density at radius 3 is 2.07 bits per heavy atom. The van der Waals surface area contributed by atoms with Crippen molar-refractivity contribution >= 4 is 39.1 Å². The molecule has 0 unspecified atom stereocenters. The Morgan fingerprint density at radius 2 is 1.47 bits per heavy atom. The summed E-state index contributed by atoms with van der Waals surface area (Å²) in [6, 6.07) is 26.4. The van der Waals surface area contributed by atoms with E-state index >= 15 is 0 Å². The Bertz CT molecular complexity index is 1730. The molecule has 0 fully saturated rings. The normalized spacial score (nSPS) is 12.3. The molecule has 0 saturated heterocycles. The number of hydrogen-bond donors (Lipinski definition) is 1. The summed E-state index contributed by atoms with van der Waals surface area (Å²) in [5.74, 6) is -1.60. The van der Waals surface area contributed by atoms with Gasteiger partial charge in [-0.3, -0.25) is 13.9 Å². The van der Waals surface area contributed by atoms with Crippen LogP contribution in [0.2, 0.25) is 5.02 Å². The highest BCUT2D eigenvalue weighted by Gasteiger charge is 2.36. The van der Waals surface area contributed by atoms with E-state index < -0.39 is 45.8 Å². The Balaban J connectivity index is 1.82. The highest BCUT2D eigenvalue weighted by Crippen LogP contribution is 2.26. The molecule has 7 nitrogen and oxygen atoms in total. The molecule has 236 valence electrons. The lowest BCUT2D eigenvalue weighted by Crippen LogP contribution is -2.56. The quantitative estimate of drug-likeness (QED) is 0.200. The summed E-state index contributed by atoms with van der Waals surface area (Å²) in [4.78, 5) is 29.7. The van der Waals surface area contributed by atoms with E-state index in [2.05, 4.69) is 5.32 Å². The smallest absolute Gasteiger partial charge is 0.264 e. The predicted octanol–water partition coefficient (Wildman–Crippen LogP) is 6.54. The van der Waals surface area contributed by atoms with Crippen molar-refractivity contribution in [2.24, 2.45) is 0 Å². The molecule has 0 bridgehead atoms. The summed E-state index contributed by atoms with van der Waals surface area (Å²) in [5, 5.41) is 3.38. The Hall–Kier alpha value is -4.21. The molecule has 4 rings (SSSR count). The maximum Gasteiger partial charge on any atom is 0.264 e. The average molecular weight is 650 g/mol. The Labute approximate surface area is 269 Å². The monoisotopic (exact) mass is 649 g/mol. The minimum atomic E-state index is -4.29. The van der Waals surface area contributed by atoms with E-state index in [1.54, 1.807) is 36.4 Å². The van der Waals surface area contributed by atoms with Crippen LogP contribution in [0.4, 0.5) is 10.1 Å².